The summed E-state index contributed by atoms with van der Waals surface area (Å²) in [5.74, 6) is -0.0723. The number of hydrogen-bond donors (Lipinski definition) is 3. The van der Waals surface area contributed by atoms with Gasteiger partial charge in [0.15, 0.2) is 0 Å². The maximum atomic E-state index is 10.4. The van der Waals surface area contributed by atoms with Gasteiger partial charge in [-0.2, -0.15) is 0 Å². The van der Waals surface area contributed by atoms with Gasteiger partial charge in [0.1, 0.15) is 5.75 Å². The van der Waals surface area contributed by atoms with Crippen molar-refractivity contribution < 1.29 is 19.7 Å². The van der Waals surface area contributed by atoms with Crippen molar-refractivity contribution in [3.63, 3.8) is 0 Å². The molecule has 0 aliphatic rings. The quantitative estimate of drug-likeness (QED) is 0.697. The lowest BCUT2D eigenvalue weighted by Gasteiger charge is -2.21. The average molecular weight is 267 g/mol. The molecule has 0 fully saturated rings. The van der Waals surface area contributed by atoms with Crippen LogP contribution in [-0.2, 0) is 4.79 Å². The number of methoxy groups -OCH3 is 1. The van der Waals surface area contributed by atoms with E-state index in [1.54, 1.807) is 7.11 Å². The number of benzene rings is 1. The largest absolute Gasteiger partial charge is 0.496 e. The molecular weight excluding hydrogens is 246 g/mol. The molecule has 0 aliphatic heterocycles. The van der Waals surface area contributed by atoms with Gasteiger partial charge in [-0.25, -0.2) is 0 Å². The maximum Gasteiger partial charge on any atom is 0.304 e. The minimum Gasteiger partial charge on any atom is -0.496 e. The second-order valence-corrected chi connectivity index (χ2v) is 4.56. The predicted molar refractivity (Wildman–Crippen MR) is 72.4 cm³/mol. The number of carboxylic acids is 1. The molecule has 0 aromatic heterocycles. The highest BCUT2D eigenvalue weighted by atomic mass is 16.5. The van der Waals surface area contributed by atoms with Crippen molar-refractivity contribution in [2.24, 2.45) is 0 Å². The van der Waals surface area contributed by atoms with Crippen LogP contribution in [0.15, 0.2) is 18.2 Å². The summed E-state index contributed by atoms with van der Waals surface area (Å²) < 4.78 is 5.17. The molecule has 0 amide bonds. The van der Waals surface area contributed by atoms with Crippen LogP contribution in [0, 0.1) is 6.92 Å². The Morgan fingerprint density at radius 2 is 2.16 bits per heavy atom. The van der Waals surface area contributed by atoms with E-state index in [9.17, 15) is 9.90 Å². The molecule has 0 aliphatic carbocycles. The second-order valence-electron chi connectivity index (χ2n) is 4.56. The van der Waals surface area contributed by atoms with Gasteiger partial charge < -0.3 is 20.3 Å². The number of aliphatic hydroxyl groups is 1. The highest BCUT2D eigenvalue weighted by Crippen LogP contribution is 2.24. The van der Waals surface area contributed by atoms with Gasteiger partial charge in [0.25, 0.3) is 0 Å². The zero-order valence-electron chi connectivity index (χ0n) is 11.5. The number of ether oxygens (including phenoxy) is 1. The predicted octanol–water partition coefficient (Wildman–Crippen LogP) is 1.49. The van der Waals surface area contributed by atoms with Crippen molar-refractivity contribution >= 4 is 5.97 Å². The molecule has 19 heavy (non-hydrogen) atoms. The molecule has 1 aromatic rings. The number of aryl methyl sites for hydroxylation is 1. The number of rotatable bonds is 7. The van der Waals surface area contributed by atoms with Crippen LogP contribution in [0.1, 0.15) is 30.6 Å². The third-order valence-electron chi connectivity index (χ3n) is 3.04. The van der Waals surface area contributed by atoms with Gasteiger partial charge in [-0.1, -0.05) is 6.07 Å². The summed E-state index contributed by atoms with van der Waals surface area (Å²) in [5.41, 5.74) is 1.74. The van der Waals surface area contributed by atoms with Gasteiger partial charge in [-0.3, -0.25) is 4.79 Å². The van der Waals surface area contributed by atoms with E-state index in [2.05, 4.69) is 5.32 Å². The fourth-order valence-corrected chi connectivity index (χ4v) is 1.89. The molecule has 2 atom stereocenters. The second kappa shape index (κ2) is 7.11. The van der Waals surface area contributed by atoms with Crippen molar-refractivity contribution in [2.45, 2.75) is 32.4 Å². The number of carboxylic acid groups (broad SMARTS) is 1. The topological polar surface area (TPSA) is 78.8 Å². The fourth-order valence-electron chi connectivity index (χ4n) is 1.89. The van der Waals surface area contributed by atoms with E-state index in [0.717, 1.165) is 16.9 Å². The Morgan fingerprint density at radius 3 is 2.68 bits per heavy atom. The summed E-state index contributed by atoms with van der Waals surface area (Å²) in [7, 11) is 1.61. The van der Waals surface area contributed by atoms with Crippen molar-refractivity contribution in [3.8, 4) is 5.75 Å². The van der Waals surface area contributed by atoms with E-state index in [4.69, 9.17) is 9.84 Å². The molecule has 1 rings (SSSR count). The molecule has 106 valence electrons. The summed E-state index contributed by atoms with van der Waals surface area (Å²) in [6.07, 6.45) is -0.642. The van der Waals surface area contributed by atoms with Crippen LogP contribution < -0.4 is 10.1 Å². The summed E-state index contributed by atoms with van der Waals surface area (Å²) in [5, 5.41) is 21.7. The first-order chi connectivity index (χ1) is 8.95. The van der Waals surface area contributed by atoms with E-state index in [1.807, 2.05) is 32.0 Å². The zero-order valence-corrected chi connectivity index (χ0v) is 11.5. The Morgan fingerprint density at radius 1 is 1.47 bits per heavy atom. The molecule has 1 aromatic carbocycles. The molecule has 5 nitrogen and oxygen atoms in total. The van der Waals surface area contributed by atoms with Crippen LogP contribution in [0.5, 0.6) is 5.75 Å². The molecule has 0 heterocycles. The first-order valence-corrected chi connectivity index (χ1v) is 6.23. The van der Waals surface area contributed by atoms with E-state index in [-0.39, 0.29) is 12.5 Å². The zero-order chi connectivity index (χ0) is 14.4. The Kier molecular flexibility index (Phi) is 5.79. The van der Waals surface area contributed by atoms with E-state index >= 15 is 0 Å². The van der Waals surface area contributed by atoms with Crippen LogP contribution in [-0.4, -0.2) is 35.9 Å². The standard InChI is InChI=1S/C14H21NO4/c1-9-8-11(4-5-12(9)19-3)14(18)10(2)15-7-6-13(16)17/h4-5,8,10,14-15,18H,6-7H2,1-3H3,(H,16,17). The lowest BCUT2D eigenvalue weighted by atomic mass is 10.0. The van der Waals surface area contributed by atoms with Gasteiger partial charge in [0, 0.05) is 12.6 Å². The molecule has 0 saturated heterocycles. The number of aliphatic carboxylic acids is 1. The molecule has 5 heteroatoms. The van der Waals surface area contributed by atoms with Gasteiger partial charge in [-0.15, -0.1) is 0 Å². The molecule has 2 unspecified atom stereocenters. The molecular formula is C14H21NO4. The van der Waals surface area contributed by atoms with Gasteiger partial charge in [-0.05, 0) is 37.1 Å². The Labute approximate surface area is 113 Å². The third kappa shape index (κ3) is 4.54. The number of aliphatic hydroxyl groups excluding tert-OH is 1. The monoisotopic (exact) mass is 267 g/mol. The number of nitrogens with one attached hydrogen (secondary N) is 1. The van der Waals surface area contributed by atoms with Crippen LogP contribution in [0.25, 0.3) is 0 Å². The van der Waals surface area contributed by atoms with Gasteiger partial charge >= 0.3 is 5.97 Å². The normalized spacial score (nSPS) is 13.9. The number of carbonyl (C=O) groups is 1. The Hall–Kier alpha value is -1.59. The minimum atomic E-state index is -0.852. The molecule has 0 saturated carbocycles. The highest BCUT2D eigenvalue weighted by molar-refractivity contribution is 5.66. The average Bonchev–Trinajstić information content (AvgIpc) is 2.37. The molecule has 3 N–H and O–H groups in total. The Balaban J connectivity index is 2.63. The van der Waals surface area contributed by atoms with Crippen LogP contribution in [0.3, 0.4) is 0 Å². The van der Waals surface area contributed by atoms with Crippen molar-refractivity contribution in [3.05, 3.63) is 29.3 Å². The lowest BCUT2D eigenvalue weighted by Crippen LogP contribution is -2.33. The SMILES string of the molecule is COc1ccc(C(O)C(C)NCCC(=O)O)cc1C. The Bertz CT molecular complexity index is 433. The van der Waals surface area contributed by atoms with Gasteiger partial charge in [0.2, 0.25) is 0 Å². The van der Waals surface area contributed by atoms with E-state index in [0.29, 0.717) is 6.54 Å². The molecule has 0 spiro atoms. The van der Waals surface area contributed by atoms with Crippen LogP contribution >= 0.6 is 0 Å². The van der Waals surface area contributed by atoms with Crippen LogP contribution in [0.2, 0.25) is 0 Å². The molecule has 0 radical (unpaired) electrons. The smallest absolute Gasteiger partial charge is 0.304 e. The summed E-state index contributed by atoms with van der Waals surface area (Å²) in [6, 6.07) is 5.29. The van der Waals surface area contributed by atoms with Crippen LogP contribution in [0.4, 0.5) is 0 Å². The summed E-state index contributed by atoms with van der Waals surface area (Å²) in [4.78, 5) is 10.4. The first kappa shape index (κ1) is 15.5. The summed E-state index contributed by atoms with van der Waals surface area (Å²) in [6.45, 7) is 4.08. The first-order valence-electron chi connectivity index (χ1n) is 6.23. The van der Waals surface area contributed by atoms with E-state index < -0.39 is 12.1 Å². The lowest BCUT2D eigenvalue weighted by molar-refractivity contribution is -0.136. The van der Waals surface area contributed by atoms with Crippen molar-refractivity contribution in [1.82, 2.24) is 5.32 Å². The summed E-state index contributed by atoms with van der Waals surface area (Å²) >= 11 is 0. The van der Waals surface area contributed by atoms with E-state index in [1.165, 1.54) is 0 Å². The maximum absolute atomic E-state index is 10.4. The molecule has 0 bridgehead atoms. The van der Waals surface area contributed by atoms with Crippen molar-refractivity contribution in [2.75, 3.05) is 13.7 Å². The number of hydrogen-bond acceptors (Lipinski definition) is 4. The van der Waals surface area contributed by atoms with Gasteiger partial charge in [0.05, 0.1) is 19.6 Å². The highest BCUT2D eigenvalue weighted by Gasteiger charge is 2.16. The minimum absolute atomic E-state index is 0.0404. The van der Waals surface area contributed by atoms with Crippen molar-refractivity contribution in [1.29, 1.82) is 0 Å². The third-order valence-corrected chi connectivity index (χ3v) is 3.04. The fraction of sp³-hybridized carbons (Fsp3) is 0.500.